The Morgan fingerprint density at radius 1 is 1.26 bits per heavy atom. The van der Waals surface area contributed by atoms with Crippen molar-refractivity contribution in [2.24, 2.45) is 17.3 Å². The first-order chi connectivity index (χ1) is 8.68. The van der Waals surface area contributed by atoms with Crippen molar-refractivity contribution in [1.82, 2.24) is 0 Å². The summed E-state index contributed by atoms with van der Waals surface area (Å²) in [5.74, 6) is 2.11. The smallest absolute Gasteiger partial charge is 0.150 e. The first kappa shape index (κ1) is 17.5. The van der Waals surface area contributed by atoms with Crippen molar-refractivity contribution < 1.29 is 8.42 Å². The van der Waals surface area contributed by atoms with E-state index >= 15 is 0 Å². The van der Waals surface area contributed by atoms with Gasteiger partial charge in [0, 0.05) is 10.6 Å². The lowest BCUT2D eigenvalue weighted by molar-refractivity contribution is 0.136. The zero-order chi connectivity index (χ0) is 14.7. The van der Waals surface area contributed by atoms with Crippen molar-refractivity contribution in [3.8, 4) is 0 Å². The van der Waals surface area contributed by atoms with Gasteiger partial charge >= 0.3 is 0 Å². The molecular formula is C15H29BrO2S. The lowest BCUT2D eigenvalue weighted by Gasteiger charge is -2.42. The summed E-state index contributed by atoms with van der Waals surface area (Å²) in [7, 11) is -2.81. The Bertz CT molecular complexity index is 376. The van der Waals surface area contributed by atoms with Gasteiger partial charge in [-0.05, 0) is 42.9 Å². The third-order valence-corrected chi connectivity index (χ3v) is 7.56. The minimum absolute atomic E-state index is 0.234. The first-order valence-electron chi connectivity index (χ1n) is 7.52. The quantitative estimate of drug-likeness (QED) is 0.662. The van der Waals surface area contributed by atoms with Gasteiger partial charge in [0.15, 0.2) is 0 Å². The highest BCUT2D eigenvalue weighted by Gasteiger charge is 2.37. The van der Waals surface area contributed by atoms with Crippen LogP contribution < -0.4 is 0 Å². The van der Waals surface area contributed by atoms with Crippen LogP contribution in [0.2, 0.25) is 0 Å². The second-order valence-electron chi connectivity index (χ2n) is 6.87. The SMILES string of the molecule is CCS(=O)(=O)CCCC(C)(C)C1CCC(C)CC1Br. The number of hydrogen-bond acceptors (Lipinski definition) is 2. The number of sulfone groups is 1. The van der Waals surface area contributed by atoms with E-state index in [0.29, 0.717) is 16.5 Å². The number of halogens is 1. The van der Waals surface area contributed by atoms with Crippen LogP contribution in [0.5, 0.6) is 0 Å². The fourth-order valence-electron chi connectivity index (χ4n) is 3.27. The molecule has 0 amide bonds. The molecule has 2 nitrogen and oxygen atoms in total. The van der Waals surface area contributed by atoms with Crippen LogP contribution in [0, 0.1) is 17.3 Å². The molecular weight excluding hydrogens is 324 g/mol. The largest absolute Gasteiger partial charge is 0.229 e. The predicted molar refractivity (Wildman–Crippen MR) is 86.6 cm³/mol. The number of hydrogen-bond donors (Lipinski definition) is 0. The van der Waals surface area contributed by atoms with E-state index in [1.54, 1.807) is 6.92 Å². The summed E-state index contributed by atoms with van der Waals surface area (Å²) >= 11 is 3.86. The van der Waals surface area contributed by atoms with E-state index in [4.69, 9.17) is 0 Å². The minimum Gasteiger partial charge on any atom is -0.229 e. The highest BCUT2D eigenvalue weighted by Crippen LogP contribution is 2.45. The van der Waals surface area contributed by atoms with Crippen molar-refractivity contribution >= 4 is 25.8 Å². The van der Waals surface area contributed by atoms with Crippen LogP contribution >= 0.6 is 15.9 Å². The van der Waals surface area contributed by atoms with Gasteiger partial charge in [-0.1, -0.05) is 50.0 Å². The fourth-order valence-corrected chi connectivity index (χ4v) is 5.76. The summed E-state index contributed by atoms with van der Waals surface area (Å²) in [5, 5.41) is 0. The molecule has 0 radical (unpaired) electrons. The topological polar surface area (TPSA) is 34.1 Å². The van der Waals surface area contributed by atoms with E-state index in [9.17, 15) is 8.42 Å². The van der Waals surface area contributed by atoms with Gasteiger partial charge in [-0.25, -0.2) is 8.42 Å². The van der Waals surface area contributed by atoms with Gasteiger partial charge in [-0.2, -0.15) is 0 Å². The molecule has 1 saturated carbocycles. The summed E-state index contributed by atoms with van der Waals surface area (Å²) in [4.78, 5) is 0.592. The zero-order valence-electron chi connectivity index (χ0n) is 12.8. The zero-order valence-corrected chi connectivity index (χ0v) is 15.2. The first-order valence-corrected chi connectivity index (χ1v) is 10.3. The molecule has 0 aliphatic heterocycles. The van der Waals surface area contributed by atoms with Crippen LogP contribution in [0.1, 0.15) is 59.8 Å². The van der Waals surface area contributed by atoms with Crippen LogP contribution in [0.15, 0.2) is 0 Å². The molecule has 3 unspecified atom stereocenters. The molecule has 3 atom stereocenters. The van der Waals surface area contributed by atoms with E-state index in [-0.39, 0.29) is 11.2 Å². The molecule has 0 aromatic heterocycles. The summed E-state index contributed by atoms with van der Waals surface area (Å²) in [6.07, 6.45) is 5.64. The van der Waals surface area contributed by atoms with E-state index in [1.807, 2.05) is 0 Å². The third-order valence-electron chi connectivity index (χ3n) is 4.75. The van der Waals surface area contributed by atoms with Crippen LogP contribution in [0.3, 0.4) is 0 Å². The Morgan fingerprint density at radius 3 is 2.42 bits per heavy atom. The van der Waals surface area contributed by atoms with Gasteiger partial charge in [0.25, 0.3) is 0 Å². The molecule has 0 heterocycles. The van der Waals surface area contributed by atoms with Crippen molar-refractivity contribution in [2.75, 3.05) is 11.5 Å². The van der Waals surface area contributed by atoms with Crippen LogP contribution in [-0.2, 0) is 9.84 Å². The molecule has 1 fully saturated rings. The van der Waals surface area contributed by atoms with Gasteiger partial charge in [0.1, 0.15) is 9.84 Å². The maximum atomic E-state index is 11.6. The highest BCUT2D eigenvalue weighted by atomic mass is 79.9. The van der Waals surface area contributed by atoms with E-state index < -0.39 is 9.84 Å². The summed E-state index contributed by atoms with van der Waals surface area (Å²) in [6, 6.07) is 0. The molecule has 1 rings (SSSR count). The van der Waals surface area contributed by atoms with Gasteiger partial charge in [-0.3, -0.25) is 0 Å². The van der Waals surface area contributed by atoms with E-state index in [1.165, 1.54) is 19.3 Å². The number of alkyl halides is 1. The maximum Gasteiger partial charge on any atom is 0.150 e. The van der Waals surface area contributed by atoms with Crippen molar-refractivity contribution in [2.45, 2.75) is 64.6 Å². The third kappa shape index (κ3) is 5.37. The lowest BCUT2D eigenvalue weighted by Crippen LogP contribution is -2.36. The standard InChI is InChI=1S/C15H29BrO2S/c1-5-19(17,18)10-6-9-15(3,4)13-8-7-12(2)11-14(13)16/h12-14H,5-11H2,1-4H3. The fraction of sp³-hybridized carbons (Fsp3) is 1.00. The second-order valence-corrected chi connectivity index (χ2v) is 10.5. The van der Waals surface area contributed by atoms with Gasteiger partial charge in [0.05, 0.1) is 5.75 Å². The molecule has 0 spiro atoms. The van der Waals surface area contributed by atoms with Crippen LogP contribution in [-0.4, -0.2) is 24.8 Å². The minimum atomic E-state index is -2.81. The Kier molecular flexibility index (Phi) is 6.37. The van der Waals surface area contributed by atoms with E-state index in [0.717, 1.165) is 18.8 Å². The Hall–Kier alpha value is 0.430. The van der Waals surface area contributed by atoms with Crippen LogP contribution in [0.25, 0.3) is 0 Å². The predicted octanol–water partition coefficient (Wildman–Crippen LogP) is 4.43. The van der Waals surface area contributed by atoms with Gasteiger partial charge in [0.2, 0.25) is 0 Å². The Morgan fingerprint density at radius 2 is 1.89 bits per heavy atom. The molecule has 1 aliphatic carbocycles. The lowest BCUT2D eigenvalue weighted by atomic mass is 9.67. The second kappa shape index (κ2) is 6.93. The summed E-state index contributed by atoms with van der Waals surface area (Å²) < 4.78 is 23.1. The summed E-state index contributed by atoms with van der Waals surface area (Å²) in [6.45, 7) is 8.67. The normalized spacial score (nSPS) is 29.4. The monoisotopic (exact) mass is 352 g/mol. The van der Waals surface area contributed by atoms with Crippen molar-refractivity contribution in [1.29, 1.82) is 0 Å². The Balaban J connectivity index is 2.51. The van der Waals surface area contributed by atoms with E-state index in [2.05, 4.69) is 36.7 Å². The molecule has 0 aromatic rings. The van der Waals surface area contributed by atoms with Crippen molar-refractivity contribution in [3.63, 3.8) is 0 Å². The average Bonchev–Trinajstić information content (AvgIpc) is 2.27. The summed E-state index contributed by atoms with van der Waals surface area (Å²) in [5.41, 5.74) is 0.234. The van der Waals surface area contributed by atoms with Crippen molar-refractivity contribution in [3.05, 3.63) is 0 Å². The van der Waals surface area contributed by atoms with Gasteiger partial charge < -0.3 is 0 Å². The van der Waals surface area contributed by atoms with Crippen LogP contribution in [0.4, 0.5) is 0 Å². The molecule has 0 aromatic carbocycles. The Labute approximate surface area is 127 Å². The average molecular weight is 353 g/mol. The van der Waals surface area contributed by atoms with Gasteiger partial charge in [-0.15, -0.1) is 0 Å². The highest BCUT2D eigenvalue weighted by molar-refractivity contribution is 9.09. The molecule has 0 N–H and O–H groups in total. The molecule has 114 valence electrons. The molecule has 19 heavy (non-hydrogen) atoms. The molecule has 4 heteroatoms. The molecule has 0 saturated heterocycles. The number of rotatable bonds is 6. The maximum absolute atomic E-state index is 11.6. The molecule has 0 bridgehead atoms. The molecule has 1 aliphatic rings.